The van der Waals surface area contributed by atoms with Crippen molar-refractivity contribution >= 4 is 16.7 Å². The van der Waals surface area contributed by atoms with Crippen molar-refractivity contribution in [2.75, 3.05) is 6.54 Å². The number of benzene rings is 2. The molecule has 1 heterocycles. The Hall–Kier alpha value is -2.82. The number of nitrogens with zero attached hydrogens (tertiary/aromatic N) is 2. The summed E-state index contributed by atoms with van der Waals surface area (Å²) in [7, 11) is 0. The summed E-state index contributed by atoms with van der Waals surface area (Å²) in [5, 5.41) is 5.17. The van der Waals surface area contributed by atoms with Gasteiger partial charge < -0.3 is 14.6 Å². The quantitative estimate of drug-likeness (QED) is 0.720. The molecule has 0 saturated heterocycles. The van der Waals surface area contributed by atoms with E-state index in [1.54, 1.807) is 13.1 Å². The molecule has 0 aliphatic carbocycles. The summed E-state index contributed by atoms with van der Waals surface area (Å²) in [6, 6.07) is 13.9. The topological polar surface area (TPSA) is 56.2 Å². The normalized spacial score (nSPS) is 12.1. The summed E-state index contributed by atoms with van der Waals surface area (Å²) in [5.74, 6) is 1.60. The Bertz CT molecular complexity index is 857. The Morgan fingerprint density at radius 3 is 2.84 bits per heavy atom. The second-order valence-electron chi connectivity index (χ2n) is 5.95. The molecule has 0 spiro atoms. The average Bonchev–Trinajstić information content (AvgIpc) is 3.09. The van der Waals surface area contributed by atoms with Crippen LogP contribution in [-0.4, -0.2) is 28.1 Å². The summed E-state index contributed by atoms with van der Waals surface area (Å²) in [6.45, 7) is 5.08. The van der Waals surface area contributed by atoms with Crippen LogP contribution in [0.1, 0.15) is 19.7 Å². The number of aryl methyl sites for hydroxylation is 1. The van der Waals surface area contributed by atoms with E-state index in [9.17, 15) is 4.79 Å². The molecule has 5 heteroatoms. The lowest BCUT2D eigenvalue weighted by Crippen LogP contribution is -2.38. The van der Waals surface area contributed by atoms with Crippen molar-refractivity contribution in [2.24, 2.45) is 0 Å². The van der Waals surface area contributed by atoms with Gasteiger partial charge >= 0.3 is 0 Å². The third kappa shape index (κ3) is 4.18. The fourth-order valence-corrected chi connectivity index (χ4v) is 2.80. The maximum absolute atomic E-state index is 12.2. The minimum atomic E-state index is -0.547. The van der Waals surface area contributed by atoms with Gasteiger partial charge in [0.15, 0.2) is 6.10 Å². The first kappa shape index (κ1) is 17.0. The SMILES string of the molecule is CCc1nccn1CCNC(=O)[C@@H](C)Oc1ccc2ccccc2c1. The van der Waals surface area contributed by atoms with Gasteiger partial charge in [0, 0.05) is 31.9 Å². The molecule has 0 bridgehead atoms. The number of imidazole rings is 1. The highest BCUT2D eigenvalue weighted by molar-refractivity contribution is 5.84. The Balaban J connectivity index is 1.53. The zero-order valence-electron chi connectivity index (χ0n) is 14.6. The number of nitrogens with one attached hydrogen (secondary N) is 1. The minimum absolute atomic E-state index is 0.119. The molecule has 1 amide bonds. The fraction of sp³-hybridized carbons (Fsp3) is 0.300. The van der Waals surface area contributed by atoms with Crippen molar-refractivity contribution in [3.05, 3.63) is 60.7 Å². The molecule has 25 heavy (non-hydrogen) atoms. The first-order chi connectivity index (χ1) is 12.2. The molecule has 1 N–H and O–H groups in total. The summed E-state index contributed by atoms with van der Waals surface area (Å²) < 4.78 is 7.84. The van der Waals surface area contributed by atoms with Gasteiger partial charge in [-0.1, -0.05) is 37.3 Å². The van der Waals surface area contributed by atoms with Crippen LogP contribution in [-0.2, 0) is 17.8 Å². The van der Waals surface area contributed by atoms with Crippen molar-refractivity contribution in [3.8, 4) is 5.75 Å². The number of rotatable bonds is 7. The van der Waals surface area contributed by atoms with Crippen LogP contribution in [0.2, 0.25) is 0 Å². The van der Waals surface area contributed by atoms with E-state index in [-0.39, 0.29) is 5.91 Å². The predicted octanol–water partition coefficient (Wildman–Crippen LogP) is 3.18. The molecule has 0 aliphatic heterocycles. The molecule has 5 nitrogen and oxygen atoms in total. The first-order valence-corrected chi connectivity index (χ1v) is 8.60. The number of ether oxygens (including phenoxy) is 1. The molecule has 1 aromatic heterocycles. The largest absolute Gasteiger partial charge is 0.481 e. The van der Waals surface area contributed by atoms with Gasteiger partial charge in [-0.2, -0.15) is 0 Å². The van der Waals surface area contributed by atoms with Gasteiger partial charge in [0.1, 0.15) is 11.6 Å². The van der Waals surface area contributed by atoms with Gasteiger partial charge in [0.25, 0.3) is 5.91 Å². The Labute approximate surface area is 147 Å². The number of hydrogen-bond acceptors (Lipinski definition) is 3. The smallest absolute Gasteiger partial charge is 0.260 e. The van der Waals surface area contributed by atoms with E-state index in [4.69, 9.17) is 4.74 Å². The lowest BCUT2D eigenvalue weighted by atomic mass is 10.1. The third-order valence-electron chi connectivity index (χ3n) is 4.17. The summed E-state index contributed by atoms with van der Waals surface area (Å²) in [6.07, 6.45) is 4.05. The molecular weight excluding hydrogens is 314 g/mol. The second-order valence-corrected chi connectivity index (χ2v) is 5.95. The summed E-state index contributed by atoms with van der Waals surface area (Å²) in [5.41, 5.74) is 0. The highest BCUT2D eigenvalue weighted by Crippen LogP contribution is 2.21. The van der Waals surface area contributed by atoms with Crippen molar-refractivity contribution in [2.45, 2.75) is 32.9 Å². The van der Waals surface area contributed by atoms with Crippen LogP contribution in [0.15, 0.2) is 54.9 Å². The van der Waals surface area contributed by atoms with Gasteiger partial charge in [0.05, 0.1) is 0 Å². The van der Waals surface area contributed by atoms with Crippen molar-refractivity contribution in [1.82, 2.24) is 14.9 Å². The predicted molar refractivity (Wildman–Crippen MR) is 98.7 cm³/mol. The van der Waals surface area contributed by atoms with E-state index in [1.165, 1.54) is 0 Å². The number of carbonyl (C=O) groups is 1. The van der Waals surface area contributed by atoms with E-state index < -0.39 is 6.10 Å². The summed E-state index contributed by atoms with van der Waals surface area (Å²) in [4.78, 5) is 16.5. The minimum Gasteiger partial charge on any atom is -0.481 e. The maximum Gasteiger partial charge on any atom is 0.260 e. The molecular formula is C20H23N3O2. The van der Waals surface area contributed by atoms with E-state index in [1.807, 2.05) is 42.6 Å². The van der Waals surface area contributed by atoms with Gasteiger partial charge in [0.2, 0.25) is 0 Å². The molecule has 0 saturated carbocycles. The van der Waals surface area contributed by atoms with Gasteiger partial charge in [-0.05, 0) is 29.8 Å². The lowest BCUT2D eigenvalue weighted by Gasteiger charge is -2.15. The number of fused-ring (bicyclic) bond motifs is 1. The van der Waals surface area contributed by atoms with Crippen LogP contribution < -0.4 is 10.1 Å². The van der Waals surface area contributed by atoms with Crippen LogP contribution in [0.4, 0.5) is 0 Å². The number of amides is 1. The molecule has 1 atom stereocenters. The fourth-order valence-electron chi connectivity index (χ4n) is 2.80. The maximum atomic E-state index is 12.2. The van der Waals surface area contributed by atoms with Gasteiger partial charge in [-0.3, -0.25) is 4.79 Å². The monoisotopic (exact) mass is 337 g/mol. The van der Waals surface area contributed by atoms with Crippen LogP contribution in [0.25, 0.3) is 10.8 Å². The number of carbonyl (C=O) groups excluding carboxylic acids is 1. The average molecular weight is 337 g/mol. The highest BCUT2D eigenvalue weighted by Gasteiger charge is 2.14. The van der Waals surface area contributed by atoms with Crippen LogP contribution in [0.3, 0.4) is 0 Å². The molecule has 0 fully saturated rings. The summed E-state index contributed by atoms with van der Waals surface area (Å²) >= 11 is 0. The van der Waals surface area contributed by atoms with Crippen LogP contribution in [0.5, 0.6) is 5.75 Å². The molecule has 0 unspecified atom stereocenters. The molecule has 3 rings (SSSR count). The van der Waals surface area contributed by atoms with Crippen molar-refractivity contribution < 1.29 is 9.53 Å². The van der Waals surface area contributed by atoms with E-state index in [2.05, 4.69) is 27.9 Å². The molecule has 130 valence electrons. The standard InChI is InChI=1S/C20H23N3O2/c1-3-19-21-10-12-23(19)13-11-22-20(24)15(2)25-18-9-8-16-6-4-5-7-17(16)14-18/h4-10,12,14-15H,3,11,13H2,1-2H3,(H,22,24)/t15-/m1/s1. The van der Waals surface area contributed by atoms with Crippen LogP contribution >= 0.6 is 0 Å². The number of hydrogen-bond donors (Lipinski definition) is 1. The zero-order valence-corrected chi connectivity index (χ0v) is 14.6. The van der Waals surface area contributed by atoms with E-state index in [0.717, 1.165) is 23.0 Å². The van der Waals surface area contributed by atoms with Gasteiger partial charge in [-0.25, -0.2) is 4.98 Å². The first-order valence-electron chi connectivity index (χ1n) is 8.60. The third-order valence-corrected chi connectivity index (χ3v) is 4.17. The molecule has 2 aromatic carbocycles. The number of aromatic nitrogens is 2. The van der Waals surface area contributed by atoms with Crippen molar-refractivity contribution in [1.29, 1.82) is 0 Å². The van der Waals surface area contributed by atoms with E-state index in [0.29, 0.717) is 18.8 Å². The lowest BCUT2D eigenvalue weighted by molar-refractivity contribution is -0.127. The highest BCUT2D eigenvalue weighted by atomic mass is 16.5. The second kappa shape index (κ2) is 7.83. The molecule has 0 aliphatic rings. The Kier molecular flexibility index (Phi) is 5.33. The zero-order chi connectivity index (χ0) is 17.6. The Morgan fingerprint density at radius 1 is 1.24 bits per heavy atom. The molecule has 0 radical (unpaired) electrons. The molecule has 3 aromatic rings. The Morgan fingerprint density at radius 2 is 2.04 bits per heavy atom. The van der Waals surface area contributed by atoms with Crippen molar-refractivity contribution in [3.63, 3.8) is 0 Å². The van der Waals surface area contributed by atoms with Crippen LogP contribution in [0, 0.1) is 0 Å². The van der Waals surface area contributed by atoms with Gasteiger partial charge in [-0.15, -0.1) is 0 Å². The van der Waals surface area contributed by atoms with E-state index >= 15 is 0 Å².